The lowest BCUT2D eigenvalue weighted by atomic mass is 10.0. The van der Waals surface area contributed by atoms with Crippen molar-refractivity contribution in [2.75, 3.05) is 67.1 Å². The highest BCUT2D eigenvalue weighted by molar-refractivity contribution is 14.0. The molecule has 0 radical (unpaired) electrons. The Bertz CT molecular complexity index is 360. The summed E-state index contributed by atoms with van der Waals surface area (Å²) in [6.07, 6.45) is 5.44. The summed E-state index contributed by atoms with van der Waals surface area (Å²) >= 11 is 0. The number of guanidine groups is 1. The number of nitrogens with zero attached hydrogens (tertiary/aromatic N) is 3. The minimum Gasteiger partial charge on any atom is -0.383 e. The smallest absolute Gasteiger partial charge is 0.191 e. The Labute approximate surface area is 178 Å². The molecule has 0 aromatic rings. The van der Waals surface area contributed by atoms with Gasteiger partial charge in [-0.25, -0.2) is 0 Å². The number of aliphatic imine (C=N–C) groups is 1. The van der Waals surface area contributed by atoms with E-state index in [1.54, 1.807) is 7.11 Å². The topological polar surface area (TPSA) is 52.1 Å². The number of hydrogen-bond donors (Lipinski definition) is 2. The van der Waals surface area contributed by atoms with Crippen LogP contribution in [0.5, 0.6) is 0 Å². The van der Waals surface area contributed by atoms with Gasteiger partial charge in [-0.3, -0.25) is 9.89 Å². The predicted molar refractivity (Wildman–Crippen MR) is 123 cm³/mol. The Balaban J connectivity index is 0.00000625. The van der Waals surface area contributed by atoms with Gasteiger partial charge in [0, 0.05) is 46.4 Å². The van der Waals surface area contributed by atoms with E-state index in [0.29, 0.717) is 12.0 Å². The van der Waals surface area contributed by atoms with Gasteiger partial charge in [-0.15, -0.1) is 24.0 Å². The van der Waals surface area contributed by atoms with Crippen LogP contribution in [0.4, 0.5) is 0 Å². The fourth-order valence-corrected chi connectivity index (χ4v) is 3.36. The molecular formula is C19H42IN5O. The van der Waals surface area contributed by atoms with Crippen molar-refractivity contribution >= 4 is 29.9 Å². The van der Waals surface area contributed by atoms with Crippen molar-refractivity contribution in [3.05, 3.63) is 0 Å². The van der Waals surface area contributed by atoms with Crippen molar-refractivity contribution in [2.45, 2.75) is 45.6 Å². The lowest BCUT2D eigenvalue weighted by Gasteiger charge is -2.34. The first-order valence-electron chi connectivity index (χ1n) is 9.94. The number of ether oxygens (including phenoxy) is 1. The maximum absolute atomic E-state index is 5.11. The van der Waals surface area contributed by atoms with Gasteiger partial charge < -0.3 is 20.3 Å². The summed E-state index contributed by atoms with van der Waals surface area (Å²) in [4.78, 5) is 9.31. The van der Waals surface area contributed by atoms with Gasteiger partial charge in [-0.1, -0.05) is 26.7 Å². The van der Waals surface area contributed by atoms with Crippen LogP contribution in [-0.2, 0) is 4.74 Å². The molecule has 1 unspecified atom stereocenters. The molecule has 0 spiro atoms. The molecule has 1 heterocycles. The normalized spacial score (nSPS) is 17.7. The lowest BCUT2D eigenvalue weighted by molar-refractivity contribution is 0.160. The average Bonchev–Trinajstić information content (AvgIpc) is 2.87. The van der Waals surface area contributed by atoms with Crippen LogP contribution in [0.2, 0.25) is 0 Å². The molecule has 0 aromatic heterocycles. The van der Waals surface area contributed by atoms with E-state index in [4.69, 9.17) is 4.74 Å². The SMILES string of the molecule is CN=C(NCCN(C)CCOC)NCC(C(C)C)N1CCCCCC1.I. The van der Waals surface area contributed by atoms with Crippen LogP contribution in [0.1, 0.15) is 39.5 Å². The molecule has 1 aliphatic rings. The van der Waals surface area contributed by atoms with E-state index in [-0.39, 0.29) is 24.0 Å². The first kappa shape index (κ1) is 25.9. The highest BCUT2D eigenvalue weighted by atomic mass is 127. The molecule has 1 saturated heterocycles. The van der Waals surface area contributed by atoms with E-state index in [2.05, 4.69) is 46.3 Å². The molecule has 7 heteroatoms. The van der Waals surface area contributed by atoms with Crippen molar-refractivity contribution in [1.29, 1.82) is 0 Å². The number of rotatable bonds is 10. The highest BCUT2D eigenvalue weighted by Gasteiger charge is 2.22. The second kappa shape index (κ2) is 15.9. The lowest BCUT2D eigenvalue weighted by Crippen LogP contribution is -2.50. The molecule has 0 aliphatic carbocycles. The summed E-state index contributed by atoms with van der Waals surface area (Å²) in [6, 6.07) is 0.570. The fourth-order valence-electron chi connectivity index (χ4n) is 3.36. The quantitative estimate of drug-likeness (QED) is 0.284. The summed E-state index contributed by atoms with van der Waals surface area (Å²) in [6.45, 7) is 11.7. The highest BCUT2D eigenvalue weighted by Crippen LogP contribution is 2.16. The molecule has 0 aromatic carbocycles. The van der Waals surface area contributed by atoms with E-state index >= 15 is 0 Å². The van der Waals surface area contributed by atoms with Crippen LogP contribution in [0, 0.1) is 5.92 Å². The molecular weight excluding hydrogens is 441 g/mol. The predicted octanol–water partition coefficient (Wildman–Crippen LogP) is 2.25. The van der Waals surface area contributed by atoms with E-state index < -0.39 is 0 Å². The maximum atomic E-state index is 5.11. The van der Waals surface area contributed by atoms with Crippen molar-refractivity contribution < 1.29 is 4.74 Å². The van der Waals surface area contributed by atoms with Gasteiger partial charge in [0.1, 0.15) is 0 Å². The standard InChI is InChI=1S/C19H41N5O.HI/c1-17(2)18(24-11-8-6-7-9-12-24)16-22-19(20-3)21-10-13-23(4)14-15-25-5;/h17-18H,6-16H2,1-5H3,(H2,20,21,22);1H. The molecule has 1 aliphatic heterocycles. The maximum Gasteiger partial charge on any atom is 0.191 e. The van der Waals surface area contributed by atoms with Gasteiger partial charge in [0.15, 0.2) is 5.96 Å². The van der Waals surface area contributed by atoms with Gasteiger partial charge in [-0.2, -0.15) is 0 Å². The second-order valence-corrected chi connectivity index (χ2v) is 7.44. The van der Waals surface area contributed by atoms with Gasteiger partial charge in [0.25, 0.3) is 0 Å². The van der Waals surface area contributed by atoms with Crippen LogP contribution in [0.3, 0.4) is 0 Å². The van der Waals surface area contributed by atoms with Crippen LogP contribution < -0.4 is 10.6 Å². The van der Waals surface area contributed by atoms with Crippen molar-refractivity contribution in [1.82, 2.24) is 20.4 Å². The van der Waals surface area contributed by atoms with Crippen molar-refractivity contribution in [3.63, 3.8) is 0 Å². The average molecular weight is 483 g/mol. The number of halogens is 1. The molecule has 1 fully saturated rings. The summed E-state index contributed by atoms with van der Waals surface area (Å²) in [5.41, 5.74) is 0. The number of hydrogen-bond acceptors (Lipinski definition) is 4. The van der Waals surface area contributed by atoms with Crippen molar-refractivity contribution in [3.8, 4) is 0 Å². The molecule has 156 valence electrons. The molecule has 0 amide bonds. The largest absolute Gasteiger partial charge is 0.383 e. The van der Waals surface area contributed by atoms with Crippen molar-refractivity contribution in [2.24, 2.45) is 10.9 Å². The third kappa shape index (κ3) is 10.9. The van der Waals surface area contributed by atoms with Crippen LogP contribution in [-0.4, -0.2) is 88.9 Å². The summed E-state index contributed by atoms with van der Waals surface area (Å²) in [7, 11) is 5.71. The molecule has 0 saturated carbocycles. The number of methoxy groups -OCH3 is 1. The van der Waals surface area contributed by atoms with E-state index in [9.17, 15) is 0 Å². The summed E-state index contributed by atoms with van der Waals surface area (Å²) in [5, 5.41) is 6.96. The first-order valence-corrected chi connectivity index (χ1v) is 9.94. The fraction of sp³-hybridized carbons (Fsp3) is 0.947. The van der Waals surface area contributed by atoms with E-state index in [1.807, 2.05) is 7.05 Å². The Morgan fingerprint density at radius 2 is 1.77 bits per heavy atom. The minimum atomic E-state index is 0. The van der Waals surface area contributed by atoms with E-state index in [0.717, 1.165) is 38.7 Å². The van der Waals surface area contributed by atoms with Crippen LogP contribution >= 0.6 is 24.0 Å². The van der Waals surface area contributed by atoms with Gasteiger partial charge >= 0.3 is 0 Å². The summed E-state index contributed by atoms with van der Waals surface area (Å²) in [5.74, 6) is 1.55. The Morgan fingerprint density at radius 1 is 1.12 bits per heavy atom. The van der Waals surface area contributed by atoms with Crippen LogP contribution in [0.15, 0.2) is 4.99 Å². The zero-order valence-corrected chi connectivity index (χ0v) is 19.9. The Hall–Kier alpha value is -0.120. The Morgan fingerprint density at radius 3 is 2.31 bits per heavy atom. The van der Waals surface area contributed by atoms with E-state index in [1.165, 1.54) is 38.8 Å². The zero-order valence-electron chi connectivity index (χ0n) is 17.6. The molecule has 6 nitrogen and oxygen atoms in total. The van der Waals surface area contributed by atoms with Gasteiger partial charge in [0.2, 0.25) is 0 Å². The molecule has 1 atom stereocenters. The zero-order chi connectivity index (χ0) is 18.5. The molecule has 2 N–H and O–H groups in total. The third-order valence-corrected chi connectivity index (χ3v) is 5.04. The molecule has 1 rings (SSSR count). The summed E-state index contributed by atoms with van der Waals surface area (Å²) < 4.78 is 5.11. The monoisotopic (exact) mass is 483 g/mol. The first-order chi connectivity index (χ1) is 12.1. The number of nitrogens with one attached hydrogen (secondary N) is 2. The number of likely N-dealkylation sites (tertiary alicyclic amines) is 1. The third-order valence-electron chi connectivity index (χ3n) is 5.04. The second-order valence-electron chi connectivity index (χ2n) is 7.44. The molecule has 0 bridgehead atoms. The molecule has 26 heavy (non-hydrogen) atoms. The van der Waals surface area contributed by atoms with Gasteiger partial charge in [-0.05, 0) is 38.9 Å². The van der Waals surface area contributed by atoms with Gasteiger partial charge in [0.05, 0.1) is 6.61 Å². The number of likely N-dealkylation sites (N-methyl/N-ethyl adjacent to an activating group) is 1. The minimum absolute atomic E-state index is 0. The Kier molecular flexibility index (Phi) is 15.8. The van der Waals surface area contributed by atoms with Crippen LogP contribution in [0.25, 0.3) is 0 Å².